The summed E-state index contributed by atoms with van der Waals surface area (Å²) in [4.78, 5) is 12.5. The maximum absolute atomic E-state index is 14.1. The molecule has 0 radical (unpaired) electrons. The van der Waals surface area contributed by atoms with Crippen molar-refractivity contribution in [3.63, 3.8) is 0 Å². The molecule has 0 aromatic heterocycles. The van der Waals surface area contributed by atoms with Crippen LogP contribution in [0.5, 0.6) is 0 Å². The van der Waals surface area contributed by atoms with E-state index in [2.05, 4.69) is 22.2 Å². The molecule has 1 amide bonds. The Morgan fingerprint density at radius 2 is 1.75 bits per heavy atom. The average Bonchev–Trinajstić information content (AvgIpc) is 3.14. The van der Waals surface area contributed by atoms with Gasteiger partial charge in [0, 0.05) is 5.69 Å². The van der Waals surface area contributed by atoms with E-state index in [-0.39, 0.29) is 6.42 Å². The Hall–Kier alpha value is -2.68. The van der Waals surface area contributed by atoms with Crippen LogP contribution < -0.4 is 10.0 Å². The van der Waals surface area contributed by atoms with Gasteiger partial charge in [-0.15, -0.1) is 0 Å². The Bertz CT molecular complexity index is 1260. The summed E-state index contributed by atoms with van der Waals surface area (Å²) < 4.78 is 41.9. The van der Waals surface area contributed by atoms with Crippen LogP contribution in [0.3, 0.4) is 0 Å². The second kappa shape index (κ2) is 9.44. The number of nitrogens with one attached hydrogen (secondary N) is 2. The van der Waals surface area contributed by atoms with Gasteiger partial charge >= 0.3 is 0 Å². The quantitative estimate of drug-likeness (QED) is 0.399. The largest absolute Gasteiger partial charge is 0.325 e. The van der Waals surface area contributed by atoms with Crippen LogP contribution in [0.4, 0.5) is 10.1 Å². The highest BCUT2D eigenvalue weighted by atomic mass is 32.2. The van der Waals surface area contributed by atoms with Gasteiger partial charge in [0.1, 0.15) is 16.8 Å². The van der Waals surface area contributed by atoms with Crippen molar-refractivity contribution in [2.24, 2.45) is 0 Å². The fourth-order valence-electron chi connectivity index (χ4n) is 3.84. The number of anilines is 1. The predicted octanol–water partition coefficient (Wildman–Crippen LogP) is 4.44. The van der Waals surface area contributed by atoms with Crippen molar-refractivity contribution < 1.29 is 17.6 Å². The Kier molecular flexibility index (Phi) is 6.64. The Morgan fingerprint density at radius 3 is 2.53 bits per heavy atom. The van der Waals surface area contributed by atoms with E-state index < -0.39 is 32.7 Å². The van der Waals surface area contributed by atoms with Crippen molar-refractivity contribution in [2.45, 2.75) is 23.8 Å². The van der Waals surface area contributed by atoms with Crippen molar-refractivity contribution in [3.8, 4) is 11.1 Å². The van der Waals surface area contributed by atoms with Gasteiger partial charge in [-0.05, 0) is 71.4 Å². The zero-order valence-corrected chi connectivity index (χ0v) is 19.1. The van der Waals surface area contributed by atoms with Crippen LogP contribution in [-0.2, 0) is 21.2 Å². The normalized spacial score (nSPS) is 13.3. The highest BCUT2D eigenvalue weighted by molar-refractivity contribution is 7.98. The second-order valence-electron chi connectivity index (χ2n) is 7.58. The molecule has 5 nitrogen and oxygen atoms in total. The number of fused-ring (bicyclic) bond motifs is 3. The Balaban J connectivity index is 1.53. The molecule has 32 heavy (non-hydrogen) atoms. The molecular weight excluding hydrogens is 447 g/mol. The van der Waals surface area contributed by atoms with Gasteiger partial charge in [0.2, 0.25) is 15.9 Å². The van der Waals surface area contributed by atoms with Crippen molar-refractivity contribution in [1.29, 1.82) is 0 Å². The fraction of sp³-hybridized carbons (Fsp3) is 0.208. The van der Waals surface area contributed by atoms with Gasteiger partial charge in [0.25, 0.3) is 0 Å². The van der Waals surface area contributed by atoms with Crippen molar-refractivity contribution in [3.05, 3.63) is 83.7 Å². The summed E-state index contributed by atoms with van der Waals surface area (Å²) in [5.41, 5.74) is 5.27. The first-order valence-corrected chi connectivity index (χ1v) is 13.0. The molecule has 3 aromatic rings. The van der Waals surface area contributed by atoms with Gasteiger partial charge in [-0.1, -0.05) is 42.5 Å². The summed E-state index contributed by atoms with van der Waals surface area (Å²) in [6, 6.07) is 18.0. The van der Waals surface area contributed by atoms with Crippen LogP contribution >= 0.6 is 11.8 Å². The summed E-state index contributed by atoms with van der Waals surface area (Å²) in [5.74, 6) is -0.770. The first kappa shape index (κ1) is 22.5. The van der Waals surface area contributed by atoms with Gasteiger partial charge in [0.05, 0.1) is 0 Å². The van der Waals surface area contributed by atoms with Gasteiger partial charge in [-0.25, -0.2) is 12.8 Å². The minimum absolute atomic E-state index is 0.275. The minimum atomic E-state index is -4.20. The number of carbonyl (C=O) groups is 1. The molecule has 4 rings (SSSR count). The molecule has 8 heteroatoms. The zero-order valence-electron chi connectivity index (χ0n) is 17.5. The van der Waals surface area contributed by atoms with Crippen molar-refractivity contribution in [2.75, 3.05) is 17.3 Å². The van der Waals surface area contributed by atoms with Crippen LogP contribution in [0, 0.1) is 5.82 Å². The van der Waals surface area contributed by atoms with Gasteiger partial charge in [-0.3, -0.25) is 4.79 Å². The number of hydrogen-bond acceptors (Lipinski definition) is 4. The number of sulfonamides is 1. The molecule has 0 saturated carbocycles. The molecule has 1 aliphatic rings. The smallest absolute Gasteiger partial charge is 0.244 e. The zero-order chi connectivity index (χ0) is 22.7. The first-order valence-electron chi connectivity index (χ1n) is 10.2. The molecule has 1 aliphatic carbocycles. The lowest BCUT2D eigenvalue weighted by Crippen LogP contribution is -2.44. The van der Waals surface area contributed by atoms with Crippen LogP contribution in [0.15, 0.2) is 71.6 Å². The lowest BCUT2D eigenvalue weighted by molar-refractivity contribution is -0.117. The SMILES string of the molecule is CSCC[C@H](NS(=O)(=O)c1ccccc1F)C(=O)Nc1ccc2c(c1)Cc1ccccc1-2. The number of benzene rings is 3. The summed E-state index contributed by atoms with van der Waals surface area (Å²) in [6.07, 6.45) is 2.93. The molecule has 3 aromatic carbocycles. The third-order valence-corrected chi connectivity index (χ3v) is 7.56. The Morgan fingerprint density at radius 1 is 1.03 bits per heavy atom. The molecule has 166 valence electrons. The maximum atomic E-state index is 14.1. The van der Waals surface area contributed by atoms with E-state index in [1.807, 2.05) is 36.6 Å². The maximum Gasteiger partial charge on any atom is 0.244 e. The fourth-order valence-corrected chi connectivity index (χ4v) is 5.63. The van der Waals surface area contributed by atoms with Crippen LogP contribution in [0.2, 0.25) is 0 Å². The number of hydrogen-bond donors (Lipinski definition) is 2. The van der Waals surface area contributed by atoms with E-state index in [1.54, 1.807) is 0 Å². The first-order chi connectivity index (χ1) is 15.4. The van der Waals surface area contributed by atoms with Crippen LogP contribution in [0.25, 0.3) is 11.1 Å². The molecule has 0 bridgehead atoms. The van der Waals surface area contributed by atoms with Crippen molar-refractivity contribution >= 4 is 33.4 Å². The molecule has 0 saturated heterocycles. The predicted molar refractivity (Wildman–Crippen MR) is 127 cm³/mol. The summed E-state index contributed by atoms with van der Waals surface area (Å²) >= 11 is 1.50. The number of thioether (sulfide) groups is 1. The van der Waals surface area contributed by atoms with Gasteiger partial charge in [0.15, 0.2) is 0 Å². The molecular formula is C24H23FN2O3S2. The van der Waals surface area contributed by atoms with E-state index >= 15 is 0 Å². The molecule has 1 atom stereocenters. The number of rotatable bonds is 8. The van der Waals surface area contributed by atoms with E-state index in [9.17, 15) is 17.6 Å². The van der Waals surface area contributed by atoms with Gasteiger partial charge in [-0.2, -0.15) is 16.5 Å². The monoisotopic (exact) mass is 470 g/mol. The van der Waals surface area contributed by atoms with E-state index in [0.717, 1.165) is 23.6 Å². The highest BCUT2D eigenvalue weighted by Gasteiger charge is 2.28. The molecule has 0 heterocycles. The number of halogens is 1. The van der Waals surface area contributed by atoms with Crippen LogP contribution in [0.1, 0.15) is 17.5 Å². The minimum Gasteiger partial charge on any atom is -0.325 e. The average molecular weight is 471 g/mol. The third-order valence-electron chi connectivity index (χ3n) is 5.41. The van der Waals surface area contributed by atoms with Crippen molar-refractivity contribution in [1.82, 2.24) is 4.72 Å². The molecule has 0 fully saturated rings. The third kappa shape index (κ3) is 4.72. The summed E-state index contributed by atoms with van der Waals surface area (Å²) in [6.45, 7) is 0. The van der Waals surface area contributed by atoms with E-state index in [0.29, 0.717) is 11.4 Å². The number of carbonyl (C=O) groups excluding carboxylic acids is 1. The van der Waals surface area contributed by atoms with Gasteiger partial charge < -0.3 is 5.32 Å². The lowest BCUT2D eigenvalue weighted by atomic mass is 10.1. The lowest BCUT2D eigenvalue weighted by Gasteiger charge is -2.19. The standard InChI is InChI=1S/C24H23FN2O3S2/c1-31-13-12-22(27-32(29,30)23-9-5-4-8-21(23)25)24(28)26-18-10-11-20-17(15-18)14-16-6-2-3-7-19(16)20/h2-11,15,22,27H,12-14H2,1H3,(H,26,28)/t22-/m0/s1. The molecule has 0 spiro atoms. The summed E-state index contributed by atoms with van der Waals surface area (Å²) in [5, 5.41) is 2.83. The highest BCUT2D eigenvalue weighted by Crippen LogP contribution is 2.37. The van der Waals surface area contributed by atoms with E-state index in [1.165, 1.54) is 41.1 Å². The topological polar surface area (TPSA) is 75.3 Å². The van der Waals surface area contributed by atoms with E-state index in [4.69, 9.17) is 0 Å². The van der Waals surface area contributed by atoms with Crippen LogP contribution in [-0.4, -0.2) is 32.4 Å². The number of amides is 1. The summed E-state index contributed by atoms with van der Waals surface area (Å²) in [7, 11) is -4.20. The molecule has 0 unspecified atom stereocenters. The molecule has 2 N–H and O–H groups in total. The second-order valence-corrected chi connectivity index (χ2v) is 10.2. The Labute approximate surface area is 191 Å². The molecule has 0 aliphatic heterocycles.